The van der Waals surface area contributed by atoms with Crippen molar-refractivity contribution in [1.82, 2.24) is 0 Å². The van der Waals surface area contributed by atoms with Crippen molar-refractivity contribution in [1.29, 1.82) is 0 Å². The minimum Gasteiger partial charge on any atom is -0.507 e. The van der Waals surface area contributed by atoms with Gasteiger partial charge in [-0.1, -0.05) is 31.8 Å². The van der Waals surface area contributed by atoms with Gasteiger partial charge in [-0.05, 0) is 41.6 Å². The van der Waals surface area contributed by atoms with E-state index in [-0.39, 0.29) is 11.1 Å². The average molecular weight is 539 g/mol. The van der Waals surface area contributed by atoms with E-state index in [1.54, 1.807) is 36.4 Å². The van der Waals surface area contributed by atoms with Gasteiger partial charge in [-0.2, -0.15) is 13.2 Å². The molecular formula is C26H30F3O5PSi. The molecule has 3 rings (SSSR count). The van der Waals surface area contributed by atoms with E-state index >= 15 is 0 Å². The van der Waals surface area contributed by atoms with Gasteiger partial charge in [0.1, 0.15) is 28.7 Å². The molecule has 194 valence electrons. The fourth-order valence-corrected chi connectivity index (χ4v) is 8.37. The van der Waals surface area contributed by atoms with Crippen LogP contribution in [0.25, 0.3) is 0 Å². The summed E-state index contributed by atoms with van der Waals surface area (Å²) in [4.78, 5) is 0. The normalized spacial score (nSPS) is 12.0. The highest BCUT2D eigenvalue weighted by atomic mass is 31.1. The summed E-state index contributed by atoms with van der Waals surface area (Å²) in [6.07, 6.45) is -4.62. The first-order valence-corrected chi connectivity index (χ1v) is 15.9. The van der Waals surface area contributed by atoms with Crippen LogP contribution in [-0.4, -0.2) is 41.6 Å². The van der Waals surface area contributed by atoms with E-state index in [1.165, 1.54) is 28.4 Å². The Morgan fingerprint density at radius 2 is 1.11 bits per heavy atom. The van der Waals surface area contributed by atoms with E-state index in [4.69, 9.17) is 18.9 Å². The standard InChI is InChI=1S/C26H30F3O5PSi/c1-31-17-10-8-11-18(32-2)24(17)35(25-19(33-3)12-9-13-20(25)34-4)21-14-16(26(27,28)29)15-22(23(21)30)36(5,6)7/h8-15,30H,1-7H3. The number of phenolic OH excluding ortho intramolecular Hbond substituents is 1. The lowest BCUT2D eigenvalue weighted by Crippen LogP contribution is -2.41. The van der Waals surface area contributed by atoms with Crippen LogP contribution in [0.4, 0.5) is 13.2 Å². The van der Waals surface area contributed by atoms with Crippen molar-refractivity contribution in [2.75, 3.05) is 28.4 Å². The molecule has 36 heavy (non-hydrogen) atoms. The fraction of sp³-hybridized carbons (Fsp3) is 0.308. The molecule has 1 N–H and O–H groups in total. The summed E-state index contributed by atoms with van der Waals surface area (Å²) < 4.78 is 65.1. The van der Waals surface area contributed by atoms with Crippen molar-refractivity contribution in [3.8, 4) is 28.7 Å². The number of hydrogen-bond donors (Lipinski definition) is 1. The maximum atomic E-state index is 14.2. The highest BCUT2D eigenvalue weighted by Crippen LogP contribution is 2.48. The van der Waals surface area contributed by atoms with Gasteiger partial charge in [0.05, 0.1) is 52.7 Å². The van der Waals surface area contributed by atoms with E-state index in [0.717, 1.165) is 12.1 Å². The molecule has 0 aromatic heterocycles. The third-order valence-corrected chi connectivity index (χ3v) is 10.3. The molecule has 0 atom stereocenters. The van der Waals surface area contributed by atoms with E-state index in [1.807, 2.05) is 19.6 Å². The zero-order chi connectivity index (χ0) is 26.8. The van der Waals surface area contributed by atoms with Crippen molar-refractivity contribution in [3.05, 3.63) is 54.1 Å². The summed E-state index contributed by atoms with van der Waals surface area (Å²) in [6, 6.07) is 12.4. The number of benzene rings is 3. The zero-order valence-corrected chi connectivity index (χ0v) is 23.2. The van der Waals surface area contributed by atoms with Gasteiger partial charge in [0, 0.05) is 13.2 Å². The Hall–Kier alpha value is -2.90. The molecule has 0 saturated heterocycles. The molecule has 0 aliphatic rings. The number of alkyl halides is 3. The van der Waals surface area contributed by atoms with Crippen LogP contribution in [0.3, 0.4) is 0 Å². The molecule has 0 bridgehead atoms. The Morgan fingerprint density at radius 1 is 0.722 bits per heavy atom. The maximum Gasteiger partial charge on any atom is 0.416 e. The Labute approximate surface area is 211 Å². The van der Waals surface area contributed by atoms with Gasteiger partial charge in [0.25, 0.3) is 0 Å². The van der Waals surface area contributed by atoms with Gasteiger partial charge in [-0.3, -0.25) is 0 Å². The van der Waals surface area contributed by atoms with Crippen molar-refractivity contribution < 1.29 is 37.2 Å². The molecule has 0 aliphatic carbocycles. The Bertz CT molecular complexity index is 1140. The first kappa shape index (κ1) is 27.7. The monoisotopic (exact) mass is 538 g/mol. The second-order valence-corrected chi connectivity index (χ2v) is 16.1. The van der Waals surface area contributed by atoms with Crippen LogP contribution in [0.15, 0.2) is 48.5 Å². The summed E-state index contributed by atoms with van der Waals surface area (Å²) in [7, 11) is 1.56. The summed E-state index contributed by atoms with van der Waals surface area (Å²) in [6.45, 7) is 5.67. The highest BCUT2D eigenvalue weighted by Gasteiger charge is 2.39. The average Bonchev–Trinajstić information content (AvgIpc) is 2.83. The minimum absolute atomic E-state index is 0.114. The maximum absolute atomic E-state index is 14.2. The smallest absolute Gasteiger partial charge is 0.416 e. The van der Waals surface area contributed by atoms with Gasteiger partial charge in [0.15, 0.2) is 0 Å². The molecule has 0 aliphatic heterocycles. The van der Waals surface area contributed by atoms with E-state index < -0.39 is 27.7 Å². The summed E-state index contributed by atoms with van der Waals surface area (Å²) in [5, 5.41) is 13.0. The number of rotatable bonds is 8. The second kappa shape index (κ2) is 10.6. The second-order valence-electron chi connectivity index (χ2n) is 9.00. The van der Waals surface area contributed by atoms with Crippen LogP contribution < -0.4 is 40.0 Å². The van der Waals surface area contributed by atoms with Crippen LogP contribution in [0.1, 0.15) is 5.56 Å². The first-order chi connectivity index (χ1) is 16.9. The SMILES string of the molecule is COc1cccc(OC)c1P(c1cc(C(F)(F)F)cc([Si](C)(C)C)c1O)c1c(OC)cccc1OC. The Kier molecular flexibility index (Phi) is 8.16. The summed E-state index contributed by atoms with van der Waals surface area (Å²) in [5.41, 5.74) is -0.831. The van der Waals surface area contributed by atoms with Crippen LogP contribution in [0.2, 0.25) is 19.6 Å². The zero-order valence-electron chi connectivity index (χ0n) is 21.3. The van der Waals surface area contributed by atoms with Crippen molar-refractivity contribution in [2.45, 2.75) is 25.8 Å². The first-order valence-electron chi connectivity index (χ1n) is 11.1. The molecule has 0 amide bonds. The van der Waals surface area contributed by atoms with Gasteiger partial charge in [0.2, 0.25) is 0 Å². The van der Waals surface area contributed by atoms with E-state index in [9.17, 15) is 18.3 Å². The van der Waals surface area contributed by atoms with Gasteiger partial charge >= 0.3 is 6.18 Å². The lowest BCUT2D eigenvalue weighted by molar-refractivity contribution is -0.137. The van der Waals surface area contributed by atoms with Crippen molar-refractivity contribution >= 4 is 37.1 Å². The number of ether oxygens (including phenoxy) is 4. The number of halogens is 3. The van der Waals surface area contributed by atoms with Crippen molar-refractivity contribution in [3.63, 3.8) is 0 Å². The summed E-state index contributed by atoms with van der Waals surface area (Å²) in [5.74, 6) is 1.44. The molecular weight excluding hydrogens is 508 g/mol. The molecule has 0 saturated carbocycles. The topological polar surface area (TPSA) is 57.2 Å². The summed E-state index contributed by atoms with van der Waals surface area (Å²) >= 11 is 0. The number of aromatic hydroxyl groups is 1. The molecule has 0 spiro atoms. The molecule has 0 unspecified atom stereocenters. The third-order valence-electron chi connectivity index (χ3n) is 5.72. The van der Waals surface area contributed by atoms with E-state index in [2.05, 4.69) is 0 Å². The van der Waals surface area contributed by atoms with Gasteiger partial charge < -0.3 is 24.1 Å². The van der Waals surface area contributed by atoms with Crippen LogP contribution in [0, 0.1) is 0 Å². The number of hydrogen-bond acceptors (Lipinski definition) is 5. The van der Waals surface area contributed by atoms with Crippen LogP contribution >= 0.6 is 7.92 Å². The van der Waals surface area contributed by atoms with Crippen LogP contribution in [-0.2, 0) is 6.18 Å². The fourth-order valence-electron chi connectivity index (χ4n) is 3.98. The van der Waals surface area contributed by atoms with Crippen molar-refractivity contribution in [2.24, 2.45) is 0 Å². The minimum atomic E-state index is -4.62. The largest absolute Gasteiger partial charge is 0.507 e. The van der Waals surface area contributed by atoms with E-state index in [0.29, 0.717) is 38.8 Å². The molecule has 3 aromatic carbocycles. The molecule has 5 nitrogen and oxygen atoms in total. The molecule has 3 aromatic rings. The lowest BCUT2D eigenvalue weighted by atomic mass is 10.2. The Balaban J connectivity index is 2.60. The number of phenols is 1. The van der Waals surface area contributed by atoms with Gasteiger partial charge in [-0.15, -0.1) is 0 Å². The molecule has 0 fully saturated rings. The molecule has 0 radical (unpaired) electrons. The lowest BCUT2D eigenvalue weighted by Gasteiger charge is -2.29. The van der Waals surface area contributed by atoms with Gasteiger partial charge in [-0.25, -0.2) is 0 Å². The van der Waals surface area contributed by atoms with Crippen LogP contribution in [0.5, 0.6) is 28.7 Å². The quantitative estimate of drug-likeness (QED) is 0.332. The predicted octanol–water partition coefficient (Wildman–Crippen LogP) is 4.75. The predicted molar refractivity (Wildman–Crippen MR) is 141 cm³/mol. The Morgan fingerprint density at radius 3 is 1.42 bits per heavy atom. The highest BCUT2D eigenvalue weighted by molar-refractivity contribution is 7.80. The third kappa shape index (κ3) is 5.27. The molecule has 0 heterocycles. The molecule has 10 heteroatoms. The number of methoxy groups -OCH3 is 4.